The molecule has 0 saturated carbocycles. The Kier molecular flexibility index (Phi) is 8.50. The third kappa shape index (κ3) is 6.69. The van der Waals surface area contributed by atoms with Gasteiger partial charge in [0.15, 0.2) is 0 Å². The number of hydrogen-bond donors (Lipinski definition) is 3. The number of urea groups is 1. The number of carbonyl (C=O) groups is 1. The lowest BCUT2D eigenvalue weighted by molar-refractivity contribution is -0.00517. The highest BCUT2D eigenvalue weighted by Crippen LogP contribution is 2.28. The van der Waals surface area contributed by atoms with Gasteiger partial charge in [-0.15, -0.1) is 0 Å². The molecule has 1 aliphatic rings. The average Bonchev–Trinajstić information content (AvgIpc) is 2.76. The van der Waals surface area contributed by atoms with Crippen LogP contribution in [0.5, 0.6) is 0 Å². The summed E-state index contributed by atoms with van der Waals surface area (Å²) in [5.74, 6) is -0.144. The van der Waals surface area contributed by atoms with Gasteiger partial charge in [-0.05, 0) is 45.6 Å². The van der Waals surface area contributed by atoms with Crippen molar-refractivity contribution in [1.82, 2.24) is 10.2 Å². The number of aliphatic hydroxyl groups is 1. The van der Waals surface area contributed by atoms with Gasteiger partial charge in [-0.25, -0.2) is 4.79 Å². The van der Waals surface area contributed by atoms with Crippen LogP contribution in [0.3, 0.4) is 0 Å². The van der Waals surface area contributed by atoms with Crippen molar-refractivity contribution in [3.05, 3.63) is 60.2 Å². The third-order valence-electron chi connectivity index (χ3n) is 5.62. The number of rotatable bonds is 8. The van der Waals surface area contributed by atoms with Gasteiger partial charge in [-0.1, -0.05) is 42.5 Å². The number of nitrogens with one attached hydrogen (secondary N) is 2. The second-order valence-corrected chi connectivity index (χ2v) is 8.89. The molecule has 3 rings (SSSR count). The third-order valence-corrected chi connectivity index (χ3v) is 5.62. The molecule has 0 aromatic heterocycles. The molecule has 0 unspecified atom stereocenters. The van der Waals surface area contributed by atoms with Crippen molar-refractivity contribution in [1.29, 1.82) is 0 Å². The Labute approximate surface area is 191 Å². The summed E-state index contributed by atoms with van der Waals surface area (Å²) in [6, 6.07) is 17.1. The zero-order chi connectivity index (χ0) is 23.1. The molecule has 0 radical (unpaired) electrons. The first kappa shape index (κ1) is 24.0. The fourth-order valence-electron chi connectivity index (χ4n) is 4.29. The van der Waals surface area contributed by atoms with Crippen LogP contribution >= 0.6 is 0 Å². The number of amides is 2. The molecule has 4 atom stereocenters. The summed E-state index contributed by atoms with van der Waals surface area (Å²) in [6.07, 6.45) is -0.402. The fourth-order valence-corrected chi connectivity index (χ4v) is 4.29. The van der Waals surface area contributed by atoms with Gasteiger partial charge in [-0.2, -0.15) is 0 Å². The van der Waals surface area contributed by atoms with Crippen molar-refractivity contribution in [2.24, 2.45) is 5.92 Å². The van der Waals surface area contributed by atoms with E-state index in [0.717, 1.165) is 30.0 Å². The Morgan fingerprint density at radius 2 is 1.72 bits per heavy atom. The van der Waals surface area contributed by atoms with Crippen LogP contribution in [-0.2, 0) is 4.74 Å². The van der Waals surface area contributed by atoms with Gasteiger partial charge in [0, 0.05) is 32.1 Å². The maximum absolute atomic E-state index is 12.8. The summed E-state index contributed by atoms with van der Waals surface area (Å²) >= 11 is 0. The topological polar surface area (TPSA) is 77.1 Å². The van der Waals surface area contributed by atoms with Crippen molar-refractivity contribution in [2.75, 3.05) is 50.5 Å². The smallest absolute Gasteiger partial charge is 0.319 e. The van der Waals surface area contributed by atoms with Gasteiger partial charge < -0.3 is 30.3 Å². The summed E-state index contributed by atoms with van der Waals surface area (Å²) in [6.45, 7) is 6.69. The lowest BCUT2D eigenvalue weighted by atomic mass is 9.95. The Morgan fingerprint density at radius 3 is 2.38 bits per heavy atom. The number of ether oxygens (including phenoxy) is 1. The van der Waals surface area contributed by atoms with E-state index in [2.05, 4.69) is 29.4 Å². The predicted octanol–water partition coefficient (Wildman–Crippen LogP) is 3.33. The number of morpholine rings is 1. The molecule has 0 bridgehead atoms. The van der Waals surface area contributed by atoms with E-state index in [0.29, 0.717) is 13.1 Å². The quantitative estimate of drug-likeness (QED) is 0.587. The molecule has 7 heteroatoms. The van der Waals surface area contributed by atoms with Crippen molar-refractivity contribution in [3.63, 3.8) is 0 Å². The van der Waals surface area contributed by atoms with Crippen LogP contribution in [0.25, 0.3) is 0 Å². The predicted molar refractivity (Wildman–Crippen MR) is 129 cm³/mol. The summed E-state index contributed by atoms with van der Waals surface area (Å²) in [7, 11) is 3.93. The Hall–Kier alpha value is -2.61. The van der Waals surface area contributed by atoms with Gasteiger partial charge in [0.25, 0.3) is 0 Å². The van der Waals surface area contributed by atoms with E-state index in [-0.39, 0.29) is 24.2 Å². The van der Waals surface area contributed by atoms with E-state index >= 15 is 0 Å². The molecule has 1 saturated heterocycles. The molecule has 1 fully saturated rings. The van der Waals surface area contributed by atoms with Crippen LogP contribution < -0.4 is 15.5 Å². The van der Waals surface area contributed by atoms with Gasteiger partial charge in [0.05, 0.1) is 29.7 Å². The minimum absolute atomic E-state index is 0.131. The van der Waals surface area contributed by atoms with Gasteiger partial charge in [0.2, 0.25) is 0 Å². The number of benzene rings is 2. The fraction of sp³-hybridized carbons (Fsp3) is 0.480. The second-order valence-electron chi connectivity index (χ2n) is 8.89. The summed E-state index contributed by atoms with van der Waals surface area (Å²) in [5.41, 5.74) is 2.60. The molecule has 0 aliphatic carbocycles. The molecule has 0 spiro atoms. The SMILES string of the molecule is C[C@@H]1CN(c2ccccc2NC(=O)NC[C@H](CN(C)C)[C@@H](O)c2ccccc2)C[C@@H](C)O1. The second kappa shape index (κ2) is 11.3. The standard InChI is InChI=1S/C25H36N4O3/c1-18-15-29(16-19(2)32-18)23-13-9-8-12-22(23)27-25(31)26-14-21(17-28(3)4)24(30)20-10-6-5-7-11-20/h5-13,18-19,21,24,30H,14-17H2,1-4H3,(H2,26,27,31)/t18-,19-,21-,24+/m1/s1. The highest BCUT2D eigenvalue weighted by atomic mass is 16.5. The molecule has 1 heterocycles. The van der Waals surface area contributed by atoms with E-state index in [1.165, 1.54) is 0 Å². The minimum atomic E-state index is -0.664. The van der Waals surface area contributed by atoms with Crippen LogP contribution in [0.1, 0.15) is 25.5 Å². The lowest BCUT2D eigenvalue weighted by Crippen LogP contribution is -2.46. The van der Waals surface area contributed by atoms with Crippen molar-refractivity contribution < 1.29 is 14.6 Å². The van der Waals surface area contributed by atoms with E-state index in [4.69, 9.17) is 4.74 Å². The molecular weight excluding hydrogens is 404 g/mol. The van der Waals surface area contributed by atoms with E-state index in [1.54, 1.807) is 0 Å². The molecule has 32 heavy (non-hydrogen) atoms. The van der Waals surface area contributed by atoms with Gasteiger partial charge in [0.1, 0.15) is 0 Å². The summed E-state index contributed by atoms with van der Waals surface area (Å²) < 4.78 is 5.85. The van der Waals surface area contributed by atoms with Gasteiger partial charge in [-0.3, -0.25) is 0 Å². The molecule has 7 nitrogen and oxygen atoms in total. The van der Waals surface area contributed by atoms with Crippen LogP contribution in [-0.4, -0.2) is 68.5 Å². The number of nitrogens with zero attached hydrogens (tertiary/aromatic N) is 2. The maximum atomic E-state index is 12.8. The Morgan fingerprint density at radius 1 is 1.09 bits per heavy atom. The molecule has 1 aliphatic heterocycles. The number of para-hydroxylation sites is 2. The first-order valence-electron chi connectivity index (χ1n) is 11.3. The molecule has 174 valence electrons. The number of hydrogen-bond acceptors (Lipinski definition) is 5. The molecule has 3 N–H and O–H groups in total. The molecule has 2 amide bonds. The minimum Gasteiger partial charge on any atom is -0.388 e. The summed E-state index contributed by atoms with van der Waals surface area (Å²) in [4.78, 5) is 17.0. The largest absolute Gasteiger partial charge is 0.388 e. The Balaban J connectivity index is 1.64. The van der Waals surface area contributed by atoms with Crippen LogP contribution in [0.4, 0.5) is 16.2 Å². The number of anilines is 2. The lowest BCUT2D eigenvalue weighted by Gasteiger charge is -2.37. The van der Waals surface area contributed by atoms with Crippen LogP contribution in [0.15, 0.2) is 54.6 Å². The monoisotopic (exact) mass is 440 g/mol. The molecular formula is C25H36N4O3. The van der Waals surface area contributed by atoms with Crippen molar-refractivity contribution in [2.45, 2.75) is 32.2 Å². The highest BCUT2D eigenvalue weighted by Gasteiger charge is 2.25. The first-order chi connectivity index (χ1) is 15.3. The highest BCUT2D eigenvalue weighted by molar-refractivity contribution is 5.93. The zero-order valence-corrected chi connectivity index (χ0v) is 19.5. The van der Waals surface area contributed by atoms with Gasteiger partial charge >= 0.3 is 6.03 Å². The molecule has 2 aromatic carbocycles. The van der Waals surface area contributed by atoms with Crippen LogP contribution in [0.2, 0.25) is 0 Å². The summed E-state index contributed by atoms with van der Waals surface area (Å²) in [5, 5.41) is 16.8. The maximum Gasteiger partial charge on any atom is 0.319 e. The van der Waals surface area contributed by atoms with Crippen LogP contribution in [0, 0.1) is 5.92 Å². The van der Waals surface area contributed by atoms with Crippen molar-refractivity contribution in [3.8, 4) is 0 Å². The van der Waals surface area contributed by atoms with E-state index in [9.17, 15) is 9.90 Å². The Bertz CT molecular complexity index is 851. The van der Waals surface area contributed by atoms with E-state index < -0.39 is 6.10 Å². The van der Waals surface area contributed by atoms with Crippen molar-refractivity contribution >= 4 is 17.4 Å². The number of carbonyl (C=O) groups excluding carboxylic acids is 1. The number of aliphatic hydroxyl groups excluding tert-OH is 1. The normalized spacial score (nSPS) is 20.6. The first-order valence-corrected chi connectivity index (χ1v) is 11.3. The zero-order valence-electron chi connectivity index (χ0n) is 19.5. The average molecular weight is 441 g/mol. The molecule has 2 aromatic rings. The van der Waals surface area contributed by atoms with E-state index in [1.807, 2.05) is 73.6 Å².